The van der Waals surface area contributed by atoms with E-state index in [1.54, 1.807) is 61.8 Å². The highest BCUT2D eigenvalue weighted by atomic mass is 16.7. The molecule has 0 aliphatic heterocycles. The Bertz CT molecular complexity index is 1330. The van der Waals surface area contributed by atoms with Gasteiger partial charge >= 0.3 is 6.16 Å². The van der Waals surface area contributed by atoms with Crippen molar-refractivity contribution in [2.75, 3.05) is 11.9 Å². The molecule has 0 atom stereocenters. The van der Waals surface area contributed by atoms with E-state index >= 15 is 0 Å². The molecule has 0 saturated heterocycles. The molecule has 4 aromatic rings. The van der Waals surface area contributed by atoms with E-state index in [0.29, 0.717) is 16.8 Å². The third-order valence-corrected chi connectivity index (χ3v) is 4.90. The Balaban J connectivity index is 1.33. The van der Waals surface area contributed by atoms with E-state index in [2.05, 4.69) is 20.6 Å². The van der Waals surface area contributed by atoms with Crippen LogP contribution in [0.4, 0.5) is 10.5 Å². The van der Waals surface area contributed by atoms with E-state index in [-0.39, 0.29) is 30.7 Å². The van der Waals surface area contributed by atoms with E-state index in [1.807, 2.05) is 6.07 Å². The SMILES string of the molecule is CCOC(=O)Oc1ccc(C(=O)NCc2cccc(NC(=O)c3ccc4nc[nH]c4c3)c2)cc1. The van der Waals surface area contributed by atoms with Crippen molar-refractivity contribution < 1.29 is 23.9 Å². The summed E-state index contributed by atoms with van der Waals surface area (Å²) < 4.78 is 9.69. The molecular formula is C25H22N4O5. The molecule has 0 saturated carbocycles. The lowest BCUT2D eigenvalue weighted by molar-refractivity contribution is 0.0950. The number of aromatic nitrogens is 2. The van der Waals surface area contributed by atoms with Crippen LogP contribution < -0.4 is 15.4 Å². The number of benzene rings is 3. The van der Waals surface area contributed by atoms with Gasteiger partial charge in [0.05, 0.1) is 24.0 Å². The van der Waals surface area contributed by atoms with E-state index in [4.69, 9.17) is 9.47 Å². The molecule has 4 rings (SSSR count). The van der Waals surface area contributed by atoms with Crippen molar-refractivity contribution in [2.24, 2.45) is 0 Å². The Hall–Kier alpha value is -4.66. The van der Waals surface area contributed by atoms with Crippen LogP contribution in [-0.4, -0.2) is 34.5 Å². The number of hydrogen-bond acceptors (Lipinski definition) is 6. The molecule has 34 heavy (non-hydrogen) atoms. The van der Waals surface area contributed by atoms with Crippen molar-refractivity contribution in [1.82, 2.24) is 15.3 Å². The number of aromatic amines is 1. The normalized spacial score (nSPS) is 10.5. The van der Waals surface area contributed by atoms with Crippen LogP contribution in [0.25, 0.3) is 11.0 Å². The first-order valence-corrected chi connectivity index (χ1v) is 10.6. The van der Waals surface area contributed by atoms with Crippen LogP contribution >= 0.6 is 0 Å². The number of H-pyrrole nitrogens is 1. The highest BCUT2D eigenvalue weighted by Gasteiger charge is 2.10. The molecule has 2 amide bonds. The number of nitrogens with one attached hydrogen (secondary N) is 3. The van der Waals surface area contributed by atoms with E-state index in [1.165, 1.54) is 12.1 Å². The Morgan fingerprint density at radius 2 is 1.74 bits per heavy atom. The fraction of sp³-hybridized carbons (Fsp3) is 0.120. The lowest BCUT2D eigenvalue weighted by Crippen LogP contribution is -2.22. The van der Waals surface area contributed by atoms with Gasteiger partial charge in [-0.25, -0.2) is 9.78 Å². The Kier molecular flexibility index (Phi) is 6.83. The number of ether oxygens (including phenoxy) is 2. The first-order chi connectivity index (χ1) is 16.5. The summed E-state index contributed by atoms with van der Waals surface area (Å²) >= 11 is 0. The van der Waals surface area contributed by atoms with Gasteiger partial charge in [0.15, 0.2) is 0 Å². The molecule has 0 fully saturated rings. The maximum atomic E-state index is 12.6. The van der Waals surface area contributed by atoms with Crippen molar-refractivity contribution in [3.8, 4) is 5.75 Å². The smallest absolute Gasteiger partial charge is 0.434 e. The first-order valence-electron chi connectivity index (χ1n) is 10.6. The summed E-state index contributed by atoms with van der Waals surface area (Å²) in [7, 11) is 0. The van der Waals surface area contributed by atoms with Gasteiger partial charge in [-0.05, 0) is 67.1 Å². The number of carbonyl (C=O) groups is 3. The average Bonchev–Trinajstić information content (AvgIpc) is 3.31. The zero-order chi connectivity index (χ0) is 23.9. The van der Waals surface area contributed by atoms with E-state index < -0.39 is 6.16 Å². The highest BCUT2D eigenvalue weighted by molar-refractivity contribution is 6.06. The molecule has 0 aliphatic carbocycles. The Morgan fingerprint density at radius 1 is 0.941 bits per heavy atom. The number of imidazole rings is 1. The lowest BCUT2D eigenvalue weighted by atomic mass is 10.1. The molecule has 0 bridgehead atoms. The summed E-state index contributed by atoms with van der Waals surface area (Å²) in [5.74, 6) is -0.252. The van der Waals surface area contributed by atoms with Crippen LogP contribution in [0, 0.1) is 0 Å². The monoisotopic (exact) mass is 458 g/mol. The van der Waals surface area contributed by atoms with Gasteiger partial charge in [-0.3, -0.25) is 9.59 Å². The van der Waals surface area contributed by atoms with Gasteiger partial charge in [-0.2, -0.15) is 0 Å². The summed E-state index contributed by atoms with van der Waals surface area (Å²) in [4.78, 5) is 43.6. The zero-order valence-corrected chi connectivity index (χ0v) is 18.3. The minimum Gasteiger partial charge on any atom is -0.434 e. The van der Waals surface area contributed by atoms with Crippen LogP contribution in [0.1, 0.15) is 33.2 Å². The molecule has 172 valence electrons. The van der Waals surface area contributed by atoms with Gasteiger partial charge < -0.3 is 25.1 Å². The fourth-order valence-electron chi connectivity index (χ4n) is 3.24. The predicted molar refractivity (Wildman–Crippen MR) is 126 cm³/mol. The van der Waals surface area contributed by atoms with Crippen LogP contribution in [0.15, 0.2) is 73.1 Å². The third kappa shape index (κ3) is 5.57. The van der Waals surface area contributed by atoms with Gasteiger partial charge in [-0.15, -0.1) is 0 Å². The predicted octanol–water partition coefficient (Wildman–Crippen LogP) is 4.28. The maximum Gasteiger partial charge on any atom is 0.513 e. The minimum absolute atomic E-state index is 0.213. The molecule has 9 heteroatoms. The maximum absolute atomic E-state index is 12.6. The number of amides is 2. The molecule has 3 N–H and O–H groups in total. The number of nitrogens with zero attached hydrogens (tertiary/aromatic N) is 1. The molecule has 0 spiro atoms. The summed E-state index contributed by atoms with van der Waals surface area (Å²) in [6, 6.07) is 18.6. The molecule has 0 radical (unpaired) electrons. The zero-order valence-electron chi connectivity index (χ0n) is 18.3. The van der Waals surface area contributed by atoms with Crippen LogP contribution in [0.2, 0.25) is 0 Å². The fourth-order valence-corrected chi connectivity index (χ4v) is 3.24. The summed E-state index contributed by atoms with van der Waals surface area (Å²) in [5.41, 5.74) is 3.92. The van der Waals surface area contributed by atoms with Crippen molar-refractivity contribution >= 4 is 34.7 Å². The molecule has 1 heterocycles. The Morgan fingerprint density at radius 3 is 2.53 bits per heavy atom. The average molecular weight is 458 g/mol. The van der Waals surface area contributed by atoms with Gasteiger partial charge in [0.25, 0.3) is 11.8 Å². The largest absolute Gasteiger partial charge is 0.513 e. The van der Waals surface area contributed by atoms with Crippen molar-refractivity contribution in [3.05, 3.63) is 89.7 Å². The van der Waals surface area contributed by atoms with Gasteiger partial charge in [0, 0.05) is 23.4 Å². The molecule has 9 nitrogen and oxygen atoms in total. The van der Waals surface area contributed by atoms with Gasteiger partial charge in [0.2, 0.25) is 0 Å². The second-order valence-electron chi connectivity index (χ2n) is 7.28. The van der Waals surface area contributed by atoms with Crippen molar-refractivity contribution in [3.63, 3.8) is 0 Å². The van der Waals surface area contributed by atoms with Crippen LogP contribution in [0.3, 0.4) is 0 Å². The summed E-state index contributed by atoms with van der Waals surface area (Å²) in [6.07, 6.45) is 0.781. The highest BCUT2D eigenvalue weighted by Crippen LogP contribution is 2.16. The number of rotatable bonds is 7. The van der Waals surface area contributed by atoms with Gasteiger partial charge in [-0.1, -0.05) is 12.1 Å². The molecule has 1 aromatic heterocycles. The van der Waals surface area contributed by atoms with Crippen LogP contribution in [0.5, 0.6) is 5.75 Å². The second kappa shape index (κ2) is 10.3. The summed E-state index contributed by atoms with van der Waals surface area (Å²) in [5, 5.41) is 5.70. The van der Waals surface area contributed by atoms with Crippen molar-refractivity contribution in [1.29, 1.82) is 0 Å². The minimum atomic E-state index is -0.798. The first kappa shape index (κ1) is 22.5. The standard InChI is InChI=1S/C25H22N4O5/c1-2-33-25(32)34-20-9-6-17(7-10-20)23(30)26-14-16-4-3-5-19(12-16)29-24(31)18-8-11-21-22(13-18)28-15-27-21/h3-13,15H,2,14H2,1H3,(H,26,30)(H,27,28)(H,29,31). The molecular weight excluding hydrogens is 436 g/mol. The lowest BCUT2D eigenvalue weighted by Gasteiger charge is -2.09. The molecule has 3 aromatic carbocycles. The molecule has 0 aliphatic rings. The Labute approximate surface area is 195 Å². The number of hydrogen-bond donors (Lipinski definition) is 3. The second-order valence-corrected chi connectivity index (χ2v) is 7.28. The number of fused-ring (bicyclic) bond motifs is 1. The van der Waals surface area contributed by atoms with Gasteiger partial charge in [0.1, 0.15) is 5.75 Å². The quantitative estimate of drug-likeness (QED) is 0.281. The van der Waals surface area contributed by atoms with E-state index in [0.717, 1.165) is 16.6 Å². The third-order valence-electron chi connectivity index (χ3n) is 4.90. The van der Waals surface area contributed by atoms with Crippen molar-refractivity contribution in [2.45, 2.75) is 13.5 Å². The molecule has 0 unspecified atom stereocenters. The number of anilines is 1. The number of carbonyl (C=O) groups excluding carboxylic acids is 3. The van der Waals surface area contributed by atoms with E-state index in [9.17, 15) is 14.4 Å². The topological polar surface area (TPSA) is 122 Å². The summed E-state index contributed by atoms with van der Waals surface area (Å²) in [6.45, 7) is 2.16. The van der Waals surface area contributed by atoms with Crippen LogP contribution in [-0.2, 0) is 11.3 Å².